The molecule has 0 spiro atoms. The molecule has 0 amide bonds. The van der Waals surface area contributed by atoms with Crippen LogP contribution in [0.25, 0.3) is 0 Å². The van der Waals surface area contributed by atoms with Gasteiger partial charge in [-0.3, -0.25) is 15.0 Å². The van der Waals surface area contributed by atoms with Crippen LogP contribution in [0.5, 0.6) is 0 Å². The van der Waals surface area contributed by atoms with Gasteiger partial charge in [-0.05, 0) is 12.1 Å². The van der Waals surface area contributed by atoms with E-state index in [1.54, 1.807) is 6.92 Å². The quantitative estimate of drug-likeness (QED) is 0.547. The molecule has 1 aromatic rings. The van der Waals surface area contributed by atoms with Gasteiger partial charge in [-0.15, -0.1) is 0 Å². The second kappa shape index (κ2) is 6.23. The predicted molar refractivity (Wildman–Crippen MR) is 63.8 cm³/mol. The number of nitrogens with zero attached hydrogens (tertiary/aromatic N) is 2. The van der Waals surface area contributed by atoms with Gasteiger partial charge in [-0.1, -0.05) is 37.3 Å². The first kappa shape index (κ1) is 12.6. The van der Waals surface area contributed by atoms with Gasteiger partial charge in [0.1, 0.15) is 0 Å². The lowest BCUT2D eigenvalue weighted by Gasteiger charge is -2.20. The van der Waals surface area contributed by atoms with Crippen LogP contribution in [0, 0.1) is 10.1 Å². The third kappa shape index (κ3) is 3.98. The van der Waals surface area contributed by atoms with E-state index in [1.165, 1.54) is 5.56 Å². The lowest BCUT2D eigenvalue weighted by molar-refractivity contribution is -0.518. The van der Waals surface area contributed by atoms with Gasteiger partial charge in [0.05, 0.1) is 6.54 Å². The third-order valence-corrected chi connectivity index (χ3v) is 2.58. The Morgan fingerprint density at radius 1 is 1.38 bits per heavy atom. The van der Waals surface area contributed by atoms with E-state index in [-0.39, 0.29) is 4.92 Å². The Morgan fingerprint density at radius 2 is 2.00 bits per heavy atom. The van der Waals surface area contributed by atoms with Gasteiger partial charge in [0.2, 0.25) is 6.04 Å². The van der Waals surface area contributed by atoms with Gasteiger partial charge < -0.3 is 0 Å². The van der Waals surface area contributed by atoms with Crippen LogP contribution in [0.15, 0.2) is 30.3 Å². The Kier molecular flexibility index (Phi) is 4.92. The maximum absolute atomic E-state index is 10.6. The van der Waals surface area contributed by atoms with Crippen LogP contribution in [0.4, 0.5) is 0 Å². The van der Waals surface area contributed by atoms with Crippen LogP contribution in [0.1, 0.15) is 19.4 Å². The van der Waals surface area contributed by atoms with Gasteiger partial charge in [0, 0.05) is 18.4 Å². The van der Waals surface area contributed by atoms with Gasteiger partial charge in [-0.25, -0.2) is 0 Å². The second-order valence-corrected chi connectivity index (χ2v) is 3.95. The van der Waals surface area contributed by atoms with E-state index in [4.69, 9.17) is 0 Å². The maximum Gasteiger partial charge on any atom is 0.222 e. The van der Waals surface area contributed by atoms with Crippen molar-refractivity contribution in [3.8, 4) is 0 Å². The Hall–Kier alpha value is -1.42. The molecule has 4 nitrogen and oxygen atoms in total. The molecule has 0 fully saturated rings. The Labute approximate surface area is 96.0 Å². The van der Waals surface area contributed by atoms with Crippen LogP contribution in [0.2, 0.25) is 0 Å². The molecular formula is C12H18N2O2. The molecule has 1 atom stereocenters. The first-order valence-electron chi connectivity index (χ1n) is 5.53. The molecule has 0 aliphatic carbocycles. The average Bonchev–Trinajstić information content (AvgIpc) is 2.29. The molecule has 0 aromatic heterocycles. The number of hydrogen-bond donors (Lipinski definition) is 0. The smallest absolute Gasteiger partial charge is 0.222 e. The Morgan fingerprint density at radius 3 is 2.50 bits per heavy atom. The van der Waals surface area contributed by atoms with Crippen molar-refractivity contribution in [3.05, 3.63) is 46.0 Å². The lowest BCUT2D eigenvalue weighted by Crippen LogP contribution is -2.34. The molecular weight excluding hydrogens is 204 g/mol. The number of likely N-dealkylation sites (N-methyl/N-ethyl adjacent to an activating group) is 1. The summed E-state index contributed by atoms with van der Waals surface area (Å²) in [5.74, 6) is 0. The molecule has 4 heteroatoms. The molecule has 1 aromatic carbocycles. The molecule has 0 saturated carbocycles. The third-order valence-electron chi connectivity index (χ3n) is 2.58. The normalized spacial score (nSPS) is 12.7. The zero-order valence-electron chi connectivity index (χ0n) is 9.80. The molecule has 16 heavy (non-hydrogen) atoms. The number of benzene rings is 1. The molecule has 1 unspecified atom stereocenters. The topological polar surface area (TPSA) is 46.4 Å². The summed E-state index contributed by atoms with van der Waals surface area (Å²) in [4.78, 5) is 12.4. The minimum absolute atomic E-state index is 0.229. The highest BCUT2D eigenvalue weighted by molar-refractivity contribution is 5.14. The van der Waals surface area contributed by atoms with Crippen LogP contribution < -0.4 is 0 Å². The maximum atomic E-state index is 10.6. The summed E-state index contributed by atoms with van der Waals surface area (Å²) in [6.07, 6.45) is 0. The van der Waals surface area contributed by atoms with Gasteiger partial charge in [-0.2, -0.15) is 0 Å². The molecule has 0 aliphatic heterocycles. The van der Waals surface area contributed by atoms with E-state index < -0.39 is 6.04 Å². The first-order valence-corrected chi connectivity index (χ1v) is 5.53. The molecule has 0 heterocycles. The molecule has 0 aliphatic rings. The van der Waals surface area contributed by atoms with Crippen LogP contribution in [-0.2, 0) is 6.54 Å². The van der Waals surface area contributed by atoms with Crippen molar-refractivity contribution < 1.29 is 4.92 Å². The summed E-state index contributed by atoms with van der Waals surface area (Å²) in [7, 11) is 0. The Bertz CT molecular complexity index is 327. The van der Waals surface area contributed by atoms with Crippen LogP contribution in [0.3, 0.4) is 0 Å². The number of nitro groups is 1. The fourth-order valence-electron chi connectivity index (χ4n) is 1.59. The summed E-state index contributed by atoms with van der Waals surface area (Å²) < 4.78 is 0. The van der Waals surface area contributed by atoms with Crippen molar-refractivity contribution in [1.29, 1.82) is 0 Å². The van der Waals surface area contributed by atoms with Crippen molar-refractivity contribution in [2.75, 3.05) is 13.1 Å². The second-order valence-electron chi connectivity index (χ2n) is 3.95. The summed E-state index contributed by atoms with van der Waals surface area (Å²) in [6, 6.07) is 9.52. The zero-order valence-corrected chi connectivity index (χ0v) is 9.80. The van der Waals surface area contributed by atoms with E-state index in [0.29, 0.717) is 6.54 Å². The van der Waals surface area contributed by atoms with E-state index in [9.17, 15) is 10.1 Å². The summed E-state index contributed by atoms with van der Waals surface area (Å²) in [6.45, 7) is 5.77. The van der Waals surface area contributed by atoms with Crippen LogP contribution >= 0.6 is 0 Å². The molecule has 0 radical (unpaired) electrons. The molecule has 0 N–H and O–H groups in total. The number of hydrogen-bond acceptors (Lipinski definition) is 3. The minimum atomic E-state index is -0.510. The molecule has 0 saturated heterocycles. The van der Waals surface area contributed by atoms with Crippen molar-refractivity contribution in [3.63, 3.8) is 0 Å². The van der Waals surface area contributed by atoms with Crippen molar-refractivity contribution in [2.24, 2.45) is 0 Å². The molecule has 0 bridgehead atoms. The average molecular weight is 222 g/mol. The van der Waals surface area contributed by atoms with Crippen molar-refractivity contribution in [1.82, 2.24) is 4.90 Å². The van der Waals surface area contributed by atoms with E-state index in [1.807, 2.05) is 37.3 Å². The van der Waals surface area contributed by atoms with E-state index in [0.717, 1.165) is 13.1 Å². The summed E-state index contributed by atoms with van der Waals surface area (Å²) in [5, 5.41) is 10.6. The highest BCUT2D eigenvalue weighted by Crippen LogP contribution is 2.05. The molecule has 88 valence electrons. The fourth-order valence-corrected chi connectivity index (χ4v) is 1.59. The largest absolute Gasteiger partial charge is 0.293 e. The summed E-state index contributed by atoms with van der Waals surface area (Å²) in [5.41, 5.74) is 1.19. The van der Waals surface area contributed by atoms with Gasteiger partial charge in [0.15, 0.2) is 0 Å². The predicted octanol–water partition coefficient (Wildman–Crippen LogP) is 2.17. The van der Waals surface area contributed by atoms with Crippen LogP contribution in [-0.4, -0.2) is 29.0 Å². The summed E-state index contributed by atoms with van der Waals surface area (Å²) >= 11 is 0. The SMILES string of the molecule is CCN(Cc1ccccc1)CC(C)[N+](=O)[O-]. The number of rotatable bonds is 6. The van der Waals surface area contributed by atoms with E-state index in [2.05, 4.69) is 4.90 Å². The minimum Gasteiger partial charge on any atom is -0.293 e. The zero-order chi connectivity index (χ0) is 12.0. The fraction of sp³-hybridized carbons (Fsp3) is 0.500. The lowest BCUT2D eigenvalue weighted by atomic mass is 10.2. The van der Waals surface area contributed by atoms with E-state index >= 15 is 0 Å². The monoisotopic (exact) mass is 222 g/mol. The Balaban J connectivity index is 2.53. The van der Waals surface area contributed by atoms with Gasteiger partial charge >= 0.3 is 0 Å². The standard InChI is InChI=1S/C12H18N2O2/c1-3-13(9-11(2)14(15)16)10-12-7-5-4-6-8-12/h4-8,11H,3,9-10H2,1-2H3. The van der Waals surface area contributed by atoms with Gasteiger partial charge in [0.25, 0.3) is 0 Å². The van der Waals surface area contributed by atoms with Crippen molar-refractivity contribution in [2.45, 2.75) is 26.4 Å². The molecule has 1 rings (SSSR count). The van der Waals surface area contributed by atoms with Crippen molar-refractivity contribution >= 4 is 0 Å². The highest BCUT2D eigenvalue weighted by atomic mass is 16.6. The first-order chi connectivity index (χ1) is 7.63. The highest BCUT2D eigenvalue weighted by Gasteiger charge is 2.16.